The second-order valence-corrected chi connectivity index (χ2v) is 9.06. The van der Waals surface area contributed by atoms with Crippen molar-refractivity contribution in [3.8, 4) is 5.75 Å². The molecule has 0 atom stereocenters. The van der Waals surface area contributed by atoms with Crippen LogP contribution in [0.25, 0.3) is 10.9 Å². The predicted octanol–water partition coefficient (Wildman–Crippen LogP) is 3.89. The summed E-state index contributed by atoms with van der Waals surface area (Å²) < 4.78 is 5.63. The lowest BCUT2D eigenvalue weighted by molar-refractivity contribution is 0.330. The molecule has 31 heavy (non-hydrogen) atoms. The number of hydrogen-bond acceptors (Lipinski definition) is 4. The molecule has 2 aromatic rings. The van der Waals surface area contributed by atoms with Crippen LogP contribution in [0.15, 0.2) is 29.1 Å². The number of rotatable bonds is 9. The van der Waals surface area contributed by atoms with Gasteiger partial charge in [-0.2, -0.15) is 0 Å². The number of H-pyrrole nitrogens is 1. The van der Waals surface area contributed by atoms with Gasteiger partial charge in [0.2, 0.25) is 0 Å². The quantitative estimate of drug-likeness (QED) is 0.572. The lowest BCUT2D eigenvalue weighted by atomic mass is 9.96. The summed E-state index contributed by atoms with van der Waals surface area (Å²) in [7, 11) is 4.15. The molecular weight excluding hydrogens is 408 g/mol. The first-order chi connectivity index (χ1) is 15.0. The van der Waals surface area contributed by atoms with Gasteiger partial charge in [0, 0.05) is 29.1 Å². The van der Waals surface area contributed by atoms with Crippen molar-refractivity contribution in [2.75, 3.05) is 33.8 Å². The second kappa shape index (κ2) is 11.5. The van der Waals surface area contributed by atoms with Crippen molar-refractivity contribution in [2.45, 2.75) is 58.0 Å². The molecule has 1 heterocycles. The van der Waals surface area contributed by atoms with Crippen LogP contribution in [0.1, 0.15) is 51.0 Å². The van der Waals surface area contributed by atoms with Crippen LogP contribution in [0, 0.1) is 0 Å². The monoisotopic (exact) mass is 444 g/mol. The normalized spacial score (nSPS) is 14.7. The van der Waals surface area contributed by atoms with Gasteiger partial charge in [0.1, 0.15) is 5.75 Å². The van der Waals surface area contributed by atoms with E-state index in [1.165, 1.54) is 32.1 Å². The van der Waals surface area contributed by atoms with Crippen molar-refractivity contribution >= 4 is 28.2 Å². The highest BCUT2D eigenvalue weighted by atomic mass is 32.1. The molecule has 2 N–H and O–H groups in total. The number of fused-ring (bicyclic) bond motifs is 1. The van der Waals surface area contributed by atoms with Crippen molar-refractivity contribution in [3.05, 3.63) is 40.2 Å². The highest BCUT2D eigenvalue weighted by Gasteiger charge is 2.19. The third kappa shape index (κ3) is 6.94. The van der Waals surface area contributed by atoms with E-state index in [2.05, 4.69) is 34.2 Å². The van der Waals surface area contributed by atoms with Gasteiger partial charge >= 0.3 is 0 Å². The molecule has 0 bridgehead atoms. The standard InChI is InChI=1S/C24H36N4O2S/c1-4-30-21-11-12-22-18(16-21)15-19(23(29)26-22)17-28(14-8-13-27(2)3)24(31)25-20-9-6-5-7-10-20/h11-12,15-16,20H,4-10,13-14,17H2,1-3H3,(H,25,31)(H,26,29). The van der Waals surface area contributed by atoms with Gasteiger partial charge in [0.25, 0.3) is 5.56 Å². The number of aromatic amines is 1. The number of nitrogens with one attached hydrogen (secondary N) is 2. The van der Waals surface area contributed by atoms with E-state index in [0.717, 1.165) is 46.8 Å². The summed E-state index contributed by atoms with van der Waals surface area (Å²) >= 11 is 5.80. The number of benzene rings is 1. The minimum absolute atomic E-state index is 0.0604. The van der Waals surface area contributed by atoms with Gasteiger partial charge in [0.15, 0.2) is 5.11 Å². The van der Waals surface area contributed by atoms with E-state index in [4.69, 9.17) is 17.0 Å². The first kappa shape index (κ1) is 23.5. The molecule has 0 radical (unpaired) electrons. The van der Waals surface area contributed by atoms with Gasteiger partial charge in [0.05, 0.1) is 13.2 Å². The smallest absolute Gasteiger partial charge is 0.253 e. The molecule has 1 aromatic carbocycles. The number of aromatic nitrogens is 1. The van der Waals surface area contributed by atoms with Crippen molar-refractivity contribution in [3.63, 3.8) is 0 Å². The van der Waals surface area contributed by atoms with Crippen LogP contribution in [-0.4, -0.2) is 59.7 Å². The molecule has 0 saturated heterocycles. The molecule has 1 aliphatic rings. The number of hydrogen-bond donors (Lipinski definition) is 2. The zero-order chi connectivity index (χ0) is 22.2. The first-order valence-electron chi connectivity index (χ1n) is 11.4. The predicted molar refractivity (Wildman–Crippen MR) is 132 cm³/mol. The summed E-state index contributed by atoms with van der Waals surface area (Å²) in [6.07, 6.45) is 7.15. The van der Waals surface area contributed by atoms with Crippen LogP contribution >= 0.6 is 12.2 Å². The topological polar surface area (TPSA) is 60.6 Å². The van der Waals surface area contributed by atoms with E-state index in [0.29, 0.717) is 19.2 Å². The lowest BCUT2D eigenvalue weighted by Crippen LogP contribution is -2.46. The molecule has 6 nitrogen and oxygen atoms in total. The molecule has 1 aliphatic carbocycles. The second-order valence-electron chi connectivity index (χ2n) is 8.67. The SMILES string of the molecule is CCOc1ccc2[nH]c(=O)c(CN(CCCN(C)C)C(=S)NC3CCCCC3)cc2c1. The maximum absolute atomic E-state index is 12.8. The number of thiocarbonyl (C=S) groups is 1. The minimum Gasteiger partial charge on any atom is -0.494 e. The Kier molecular flexibility index (Phi) is 8.72. The Hall–Kier alpha value is -2.12. The highest BCUT2D eigenvalue weighted by molar-refractivity contribution is 7.80. The Bertz CT molecular complexity index is 921. The van der Waals surface area contributed by atoms with Crippen LogP contribution in [0.4, 0.5) is 0 Å². The van der Waals surface area contributed by atoms with Crippen molar-refractivity contribution in [1.82, 2.24) is 20.1 Å². The van der Waals surface area contributed by atoms with E-state index in [1.54, 1.807) is 0 Å². The molecule has 1 aromatic heterocycles. The fourth-order valence-electron chi connectivity index (χ4n) is 4.15. The minimum atomic E-state index is -0.0604. The number of ether oxygens (including phenoxy) is 1. The van der Waals surface area contributed by atoms with Crippen LogP contribution in [-0.2, 0) is 6.54 Å². The van der Waals surface area contributed by atoms with Crippen LogP contribution in [0.2, 0.25) is 0 Å². The summed E-state index contributed by atoms with van der Waals surface area (Å²) in [5.41, 5.74) is 1.48. The molecule has 170 valence electrons. The first-order valence-corrected chi connectivity index (χ1v) is 11.9. The maximum atomic E-state index is 12.8. The van der Waals surface area contributed by atoms with Gasteiger partial charge in [-0.3, -0.25) is 4.79 Å². The summed E-state index contributed by atoms with van der Waals surface area (Å²) in [6, 6.07) is 8.18. The third-order valence-corrected chi connectivity index (χ3v) is 6.19. The Morgan fingerprint density at radius 2 is 1.97 bits per heavy atom. The van der Waals surface area contributed by atoms with E-state index in [-0.39, 0.29) is 5.56 Å². The molecule has 1 saturated carbocycles. The molecular formula is C24H36N4O2S. The van der Waals surface area contributed by atoms with Gasteiger partial charge in [-0.15, -0.1) is 0 Å². The fraction of sp³-hybridized carbons (Fsp3) is 0.583. The fourth-order valence-corrected chi connectivity index (χ4v) is 4.47. The highest BCUT2D eigenvalue weighted by Crippen LogP contribution is 2.20. The van der Waals surface area contributed by atoms with Crippen LogP contribution < -0.4 is 15.6 Å². The average Bonchev–Trinajstić information content (AvgIpc) is 2.74. The summed E-state index contributed by atoms with van der Waals surface area (Å²) in [5, 5.41) is 5.30. The Labute approximate surface area is 191 Å². The lowest BCUT2D eigenvalue weighted by Gasteiger charge is -2.31. The molecule has 0 aliphatic heterocycles. The van der Waals surface area contributed by atoms with Gasteiger partial charge in [-0.05, 0) is 83.3 Å². The van der Waals surface area contributed by atoms with Crippen molar-refractivity contribution < 1.29 is 4.74 Å². The van der Waals surface area contributed by atoms with E-state index < -0.39 is 0 Å². The maximum Gasteiger partial charge on any atom is 0.253 e. The molecule has 0 amide bonds. The van der Waals surface area contributed by atoms with E-state index in [9.17, 15) is 4.79 Å². The molecule has 3 rings (SSSR count). The third-order valence-electron chi connectivity index (χ3n) is 5.82. The largest absolute Gasteiger partial charge is 0.494 e. The molecule has 1 fully saturated rings. The zero-order valence-electron chi connectivity index (χ0n) is 19.1. The zero-order valence-corrected chi connectivity index (χ0v) is 19.9. The van der Waals surface area contributed by atoms with E-state index in [1.807, 2.05) is 31.2 Å². The van der Waals surface area contributed by atoms with Crippen molar-refractivity contribution in [2.24, 2.45) is 0 Å². The Balaban J connectivity index is 1.79. The Morgan fingerprint density at radius 3 is 2.68 bits per heavy atom. The average molecular weight is 445 g/mol. The molecule has 0 spiro atoms. The molecule has 7 heteroatoms. The van der Waals surface area contributed by atoms with Crippen molar-refractivity contribution in [1.29, 1.82) is 0 Å². The van der Waals surface area contributed by atoms with Crippen LogP contribution in [0.5, 0.6) is 5.75 Å². The van der Waals surface area contributed by atoms with Gasteiger partial charge in [-0.1, -0.05) is 19.3 Å². The summed E-state index contributed by atoms with van der Waals surface area (Å²) in [5.74, 6) is 0.810. The van der Waals surface area contributed by atoms with E-state index >= 15 is 0 Å². The number of pyridine rings is 1. The van der Waals surface area contributed by atoms with Crippen LogP contribution in [0.3, 0.4) is 0 Å². The molecule has 0 unspecified atom stereocenters. The van der Waals surface area contributed by atoms with Gasteiger partial charge < -0.3 is 24.8 Å². The Morgan fingerprint density at radius 1 is 1.19 bits per heavy atom. The summed E-state index contributed by atoms with van der Waals surface area (Å²) in [6.45, 7) is 4.87. The summed E-state index contributed by atoms with van der Waals surface area (Å²) in [4.78, 5) is 20.1. The number of nitrogens with zero attached hydrogens (tertiary/aromatic N) is 2. The van der Waals surface area contributed by atoms with Gasteiger partial charge in [-0.25, -0.2) is 0 Å².